The van der Waals surface area contributed by atoms with Gasteiger partial charge in [-0.15, -0.1) is 0 Å². The van der Waals surface area contributed by atoms with Crippen molar-refractivity contribution in [3.63, 3.8) is 0 Å². The van der Waals surface area contributed by atoms with Crippen LogP contribution in [-0.4, -0.2) is 26.5 Å². The Hall–Kier alpha value is -1.10. The van der Waals surface area contributed by atoms with Gasteiger partial charge in [0.15, 0.2) is 21.4 Å². The Morgan fingerprint density at radius 1 is 1.28 bits per heavy atom. The van der Waals surface area contributed by atoms with Gasteiger partial charge in [0.05, 0.1) is 18.1 Å². The zero-order chi connectivity index (χ0) is 18.7. The molecule has 1 fully saturated rings. The molecule has 0 heterocycles. The molecule has 5 heteroatoms. The molecule has 3 nitrogen and oxygen atoms in total. The topological polar surface area (TPSA) is 43.4 Å². The summed E-state index contributed by atoms with van der Waals surface area (Å²) in [6, 6.07) is 4.70. The molecule has 142 valence electrons. The van der Waals surface area contributed by atoms with Gasteiger partial charge < -0.3 is 4.74 Å². The second-order valence-electron chi connectivity index (χ2n) is 8.62. The van der Waals surface area contributed by atoms with E-state index in [1.54, 1.807) is 12.1 Å². The largest absolute Gasteiger partial charge is 0.490 e. The molecule has 0 N–H and O–H groups in total. The average molecular weight is 371 g/mol. The molecule has 0 radical (unpaired) electrons. The van der Waals surface area contributed by atoms with Crippen LogP contribution in [0.1, 0.15) is 64.9 Å². The standard InChI is InChI=1S/C20H31FO3S/c1-15(14-25(22,23)11-5-10-20(2,3)4)17-8-9-18(21)19(12-17)24-13-16-6-7-16/h8-9,12,15-16H,5-7,10-11,13-14H2,1-4H3/t15-/m0/s1. The number of rotatable bonds is 9. The minimum atomic E-state index is -3.12. The van der Waals surface area contributed by atoms with Crippen LogP contribution in [0.2, 0.25) is 0 Å². The van der Waals surface area contributed by atoms with Crippen molar-refractivity contribution >= 4 is 9.84 Å². The lowest BCUT2D eigenvalue weighted by Crippen LogP contribution is -2.18. The zero-order valence-electron chi connectivity index (χ0n) is 15.8. The van der Waals surface area contributed by atoms with Crippen LogP contribution in [0.15, 0.2) is 18.2 Å². The van der Waals surface area contributed by atoms with Gasteiger partial charge in [0.2, 0.25) is 0 Å². The lowest BCUT2D eigenvalue weighted by molar-refractivity contribution is 0.285. The summed E-state index contributed by atoms with van der Waals surface area (Å²) in [5.41, 5.74) is 0.956. The van der Waals surface area contributed by atoms with Crippen LogP contribution in [0.3, 0.4) is 0 Å². The highest BCUT2D eigenvalue weighted by molar-refractivity contribution is 7.91. The van der Waals surface area contributed by atoms with E-state index in [-0.39, 0.29) is 34.4 Å². The maximum atomic E-state index is 13.9. The maximum absolute atomic E-state index is 13.9. The van der Waals surface area contributed by atoms with E-state index in [1.807, 2.05) is 6.92 Å². The summed E-state index contributed by atoms with van der Waals surface area (Å²) >= 11 is 0. The van der Waals surface area contributed by atoms with Gasteiger partial charge in [0.25, 0.3) is 0 Å². The van der Waals surface area contributed by atoms with Gasteiger partial charge in [-0.05, 0) is 60.6 Å². The van der Waals surface area contributed by atoms with E-state index in [0.717, 1.165) is 24.8 Å². The van der Waals surface area contributed by atoms with Crippen molar-refractivity contribution in [1.29, 1.82) is 0 Å². The van der Waals surface area contributed by atoms with Gasteiger partial charge in [0.1, 0.15) is 0 Å². The van der Waals surface area contributed by atoms with Crippen LogP contribution >= 0.6 is 0 Å². The monoisotopic (exact) mass is 370 g/mol. The van der Waals surface area contributed by atoms with E-state index in [2.05, 4.69) is 20.8 Å². The van der Waals surface area contributed by atoms with Crippen LogP contribution < -0.4 is 4.74 Å². The number of hydrogen-bond acceptors (Lipinski definition) is 3. The Morgan fingerprint density at radius 2 is 1.96 bits per heavy atom. The molecular formula is C20H31FO3S. The van der Waals surface area contributed by atoms with E-state index >= 15 is 0 Å². The fourth-order valence-corrected chi connectivity index (χ4v) is 4.52. The number of halogens is 1. The van der Waals surface area contributed by atoms with E-state index < -0.39 is 9.84 Å². The lowest BCUT2D eigenvalue weighted by atomic mass is 9.91. The van der Waals surface area contributed by atoms with Gasteiger partial charge >= 0.3 is 0 Å². The molecule has 1 aliphatic rings. The zero-order valence-corrected chi connectivity index (χ0v) is 16.7. The highest BCUT2D eigenvalue weighted by Gasteiger charge is 2.23. The van der Waals surface area contributed by atoms with Crippen molar-refractivity contribution in [2.24, 2.45) is 11.3 Å². The third-order valence-electron chi connectivity index (χ3n) is 4.58. The minimum absolute atomic E-state index is 0.0881. The van der Waals surface area contributed by atoms with Crippen LogP contribution in [0, 0.1) is 17.2 Å². The molecule has 0 aromatic heterocycles. The fraction of sp³-hybridized carbons (Fsp3) is 0.700. The molecule has 1 atom stereocenters. The predicted molar refractivity (Wildman–Crippen MR) is 100 cm³/mol. The summed E-state index contributed by atoms with van der Waals surface area (Å²) < 4.78 is 44.2. The highest BCUT2D eigenvalue weighted by Crippen LogP contribution is 2.31. The van der Waals surface area contributed by atoms with Crippen molar-refractivity contribution in [3.05, 3.63) is 29.6 Å². The molecule has 1 saturated carbocycles. The molecular weight excluding hydrogens is 339 g/mol. The molecule has 0 unspecified atom stereocenters. The van der Waals surface area contributed by atoms with Gasteiger partial charge in [-0.3, -0.25) is 0 Å². The molecule has 0 aliphatic heterocycles. The smallest absolute Gasteiger partial charge is 0.165 e. The Kier molecular flexibility index (Phi) is 6.52. The first-order valence-electron chi connectivity index (χ1n) is 9.18. The summed E-state index contributed by atoms with van der Waals surface area (Å²) in [6.07, 6.45) is 3.85. The lowest BCUT2D eigenvalue weighted by Gasteiger charge is -2.18. The first-order valence-corrected chi connectivity index (χ1v) is 11.0. The first-order chi connectivity index (χ1) is 11.6. The number of hydrogen-bond donors (Lipinski definition) is 0. The van der Waals surface area contributed by atoms with Gasteiger partial charge in [-0.2, -0.15) is 0 Å². The van der Waals surface area contributed by atoms with Crippen LogP contribution in [0.4, 0.5) is 4.39 Å². The maximum Gasteiger partial charge on any atom is 0.165 e. The number of sulfone groups is 1. The quantitative estimate of drug-likeness (QED) is 0.617. The van der Waals surface area contributed by atoms with Crippen LogP contribution in [0.25, 0.3) is 0 Å². The molecule has 1 aliphatic carbocycles. The molecule has 0 spiro atoms. The van der Waals surface area contributed by atoms with E-state index in [1.165, 1.54) is 6.07 Å². The Bertz CT molecular complexity index is 673. The predicted octanol–water partition coefficient (Wildman–Crippen LogP) is 4.96. The summed E-state index contributed by atoms with van der Waals surface area (Å²) in [4.78, 5) is 0. The minimum Gasteiger partial charge on any atom is -0.490 e. The van der Waals surface area contributed by atoms with Crippen molar-refractivity contribution in [2.45, 2.75) is 59.3 Å². The molecule has 25 heavy (non-hydrogen) atoms. The van der Waals surface area contributed by atoms with Gasteiger partial charge in [-0.1, -0.05) is 33.8 Å². The van der Waals surface area contributed by atoms with Crippen molar-refractivity contribution in [2.75, 3.05) is 18.1 Å². The molecule has 0 amide bonds. The van der Waals surface area contributed by atoms with Crippen molar-refractivity contribution < 1.29 is 17.5 Å². The van der Waals surface area contributed by atoms with Gasteiger partial charge in [0, 0.05) is 0 Å². The van der Waals surface area contributed by atoms with E-state index in [0.29, 0.717) is 18.9 Å². The Morgan fingerprint density at radius 3 is 2.56 bits per heavy atom. The SMILES string of the molecule is C[C@@H](CS(=O)(=O)CCCC(C)(C)C)c1ccc(F)c(OCC2CC2)c1. The molecule has 0 saturated heterocycles. The molecule has 1 aromatic carbocycles. The van der Waals surface area contributed by atoms with E-state index in [4.69, 9.17) is 4.74 Å². The van der Waals surface area contributed by atoms with Gasteiger partial charge in [-0.25, -0.2) is 12.8 Å². The van der Waals surface area contributed by atoms with E-state index in [9.17, 15) is 12.8 Å². The molecule has 0 bridgehead atoms. The molecule has 1 aromatic rings. The summed E-state index contributed by atoms with van der Waals surface area (Å²) in [5.74, 6) is 0.518. The third kappa shape index (κ3) is 7.35. The summed E-state index contributed by atoms with van der Waals surface area (Å²) in [5, 5.41) is 0. The van der Waals surface area contributed by atoms with Crippen LogP contribution in [-0.2, 0) is 9.84 Å². The fourth-order valence-electron chi connectivity index (χ4n) is 2.81. The Balaban J connectivity index is 1.94. The first kappa shape index (κ1) is 20.2. The highest BCUT2D eigenvalue weighted by atomic mass is 32.2. The molecule has 2 rings (SSSR count). The van der Waals surface area contributed by atoms with Crippen molar-refractivity contribution in [3.8, 4) is 5.75 Å². The number of benzene rings is 1. The second-order valence-corrected chi connectivity index (χ2v) is 10.9. The second kappa shape index (κ2) is 8.07. The van der Waals surface area contributed by atoms with Crippen LogP contribution in [0.5, 0.6) is 5.75 Å². The normalized spacial score (nSPS) is 16.7. The third-order valence-corrected chi connectivity index (χ3v) is 6.50. The number of ether oxygens (including phenoxy) is 1. The summed E-state index contributed by atoms with van der Waals surface area (Å²) in [7, 11) is -3.12. The average Bonchev–Trinajstić information content (AvgIpc) is 3.28. The Labute approximate surface area is 151 Å². The summed E-state index contributed by atoms with van der Waals surface area (Å²) in [6.45, 7) is 8.76. The van der Waals surface area contributed by atoms with Crippen molar-refractivity contribution in [1.82, 2.24) is 0 Å².